The molecule has 12 heavy (non-hydrogen) atoms. The lowest BCUT2D eigenvalue weighted by atomic mass is 10.2. The molecular weight excluding hydrogens is 158 g/mol. The number of esters is 1. The fourth-order valence-corrected chi connectivity index (χ4v) is 0.908. The maximum atomic E-state index is 11.1. The van der Waals surface area contributed by atoms with Crippen LogP contribution in [-0.2, 0) is 11.3 Å². The smallest absolute Gasteiger partial charge is 0.374 e. The highest BCUT2D eigenvalue weighted by atomic mass is 16.5. The first kappa shape index (κ1) is 8.80. The number of furan rings is 1. The van der Waals surface area contributed by atoms with Crippen molar-refractivity contribution in [2.75, 3.05) is 6.61 Å². The highest BCUT2D eigenvalue weighted by Gasteiger charge is 2.15. The average Bonchev–Trinajstić information content (AvgIpc) is 2.51. The second-order valence-corrected chi connectivity index (χ2v) is 2.25. The molecule has 0 amide bonds. The molecule has 0 aromatic carbocycles. The van der Waals surface area contributed by atoms with E-state index in [1.807, 2.05) is 0 Å². The Balaban J connectivity index is 2.79. The van der Waals surface area contributed by atoms with Crippen molar-refractivity contribution in [3.05, 3.63) is 23.7 Å². The van der Waals surface area contributed by atoms with Crippen LogP contribution >= 0.6 is 0 Å². The summed E-state index contributed by atoms with van der Waals surface area (Å²) in [7, 11) is 0. The summed E-state index contributed by atoms with van der Waals surface area (Å²) < 4.78 is 9.72. The Bertz CT molecular complexity index is 267. The van der Waals surface area contributed by atoms with Crippen LogP contribution in [0.2, 0.25) is 0 Å². The quantitative estimate of drug-likeness (QED) is 0.659. The summed E-state index contributed by atoms with van der Waals surface area (Å²) >= 11 is 0. The predicted molar refractivity (Wildman–Crippen MR) is 41.3 cm³/mol. The zero-order chi connectivity index (χ0) is 8.97. The number of hydrogen-bond donors (Lipinski definition) is 1. The molecule has 0 atom stereocenters. The molecule has 0 spiro atoms. The van der Waals surface area contributed by atoms with Gasteiger partial charge in [-0.15, -0.1) is 0 Å². The van der Waals surface area contributed by atoms with Crippen LogP contribution in [0.1, 0.15) is 23.0 Å². The lowest BCUT2D eigenvalue weighted by Crippen LogP contribution is -2.47. The van der Waals surface area contributed by atoms with Crippen LogP contribution in [0.25, 0.3) is 0 Å². The fraction of sp³-hybridized carbons (Fsp3) is 0.375. The standard InChI is InChI=1S/C8H11NO3/c1-2-11-8(10)7-6(5-9)3-4-12-7/h3-4H,2,5,9H2,1H3/p+1. The van der Waals surface area contributed by atoms with Crippen LogP contribution in [0.5, 0.6) is 0 Å². The Labute approximate surface area is 70.3 Å². The molecule has 0 saturated carbocycles. The van der Waals surface area contributed by atoms with Gasteiger partial charge in [0.15, 0.2) is 0 Å². The van der Waals surface area contributed by atoms with Gasteiger partial charge >= 0.3 is 5.97 Å². The molecule has 1 rings (SSSR count). The Kier molecular flexibility index (Phi) is 2.88. The Morgan fingerprint density at radius 3 is 3.08 bits per heavy atom. The maximum absolute atomic E-state index is 11.1. The zero-order valence-electron chi connectivity index (χ0n) is 7.00. The molecule has 66 valence electrons. The molecule has 0 bridgehead atoms. The van der Waals surface area contributed by atoms with Crippen LogP contribution in [0, 0.1) is 0 Å². The third-order valence-corrected chi connectivity index (χ3v) is 1.48. The van der Waals surface area contributed by atoms with Crippen LogP contribution in [0.15, 0.2) is 16.7 Å². The van der Waals surface area contributed by atoms with Gasteiger partial charge in [0.2, 0.25) is 5.76 Å². The monoisotopic (exact) mass is 170 g/mol. The first-order valence-corrected chi connectivity index (χ1v) is 3.82. The van der Waals surface area contributed by atoms with E-state index in [-0.39, 0.29) is 5.76 Å². The molecule has 1 aromatic rings. The summed E-state index contributed by atoms with van der Waals surface area (Å²) in [4.78, 5) is 11.1. The molecule has 0 aliphatic rings. The number of carbonyl (C=O) groups is 1. The van der Waals surface area contributed by atoms with Crippen LogP contribution < -0.4 is 5.73 Å². The highest BCUT2D eigenvalue weighted by Crippen LogP contribution is 2.10. The van der Waals surface area contributed by atoms with Gasteiger partial charge in [-0.25, -0.2) is 4.79 Å². The Morgan fingerprint density at radius 2 is 2.50 bits per heavy atom. The molecule has 4 heteroatoms. The van der Waals surface area contributed by atoms with Gasteiger partial charge in [-0.1, -0.05) is 0 Å². The lowest BCUT2D eigenvalue weighted by Gasteiger charge is -1.98. The second-order valence-electron chi connectivity index (χ2n) is 2.25. The Hall–Kier alpha value is -1.29. The Morgan fingerprint density at radius 1 is 1.75 bits per heavy atom. The van der Waals surface area contributed by atoms with Gasteiger partial charge in [0.05, 0.1) is 18.4 Å². The second kappa shape index (κ2) is 3.92. The van der Waals surface area contributed by atoms with Gasteiger partial charge in [0.1, 0.15) is 6.54 Å². The number of carbonyl (C=O) groups excluding carboxylic acids is 1. The van der Waals surface area contributed by atoms with E-state index >= 15 is 0 Å². The van der Waals surface area contributed by atoms with E-state index in [1.54, 1.807) is 13.0 Å². The largest absolute Gasteiger partial charge is 0.460 e. The van der Waals surface area contributed by atoms with E-state index in [1.165, 1.54) is 6.26 Å². The minimum absolute atomic E-state index is 0.270. The summed E-state index contributed by atoms with van der Waals surface area (Å²) in [5.74, 6) is -0.145. The SMILES string of the molecule is CCOC(=O)c1occc1C[NH3+]. The molecule has 0 radical (unpaired) electrons. The zero-order valence-corrected chi connectivity index (χ0v) is 7.00. The molecule has 0 unspecified atom stereocenters. The van der Waals surface area contributed by atoms with Gasteiger partial charge in [-0.2, -0.15) is 0 Å². The number of rotatable bonds is 3. The minimum atomic E-state index is -0.416. The summed E-state index contributed by atoms with van der Waals surface area (Å²) in [6, 6.07) is 1.72. The predicted octanol–water partition coefficient (Wildman–Crippen LogP) is 0.198. The van der Waals surface area contributed by atoms with Crippen molar-refractivity contribution in [1.82, 2.24) is 0 Å². The minimum Gasteiger partial charge on any atom is -0.460 e. The number of hydrogen-bond acceptors (Lipinski definition) is 3. The van der Waals surface area contributed by atoms with Crippen LogP contribution in [-0.4, -0.2) is 12.6 Å². The van der Waals surface area contributed by atoms with Gasteiger partial charge in [-0.3, -0.25) is 0 Å². The first-order chi connectivity index (χ1) is 5.79. The molecule has 1 heterocycles. The molecule has 0 aliphatic carbocycles. The summed E-state index contributed by atoms with van der Waals surface area (Å²) in [6.45, 7) is 2.64. The van der Waals surface area contributed by atoms with Crippen LogP contribution in [0.4, 0.5) is 0 Å². The van der Waals surface area contributed by atoms with Crippen molar-refractivity contribution in [2.45, 2.75) is 13.5 Å². The van der Waals surface area contributed by atoms with Crippen LogP contribution in [0.3, 0.4) is 0 Å². The van der Waals surface area contributed by atoms with Crippen molar-refractivity contribution in [2.24, 2.45) is 0 Å². The van der Waals surface area contributed by atoms with Crippen molar-refractivity contribution in [3.63, 3.8) is 0 Å². The third-order valence-electron chi connectivity index (χ3n) is 1.48. The molecule has 0 saturated heterocycles. The van der Waals surface area contributed by atoms with E-state index in [9.17, 15) is 4.79 Å². The van der Waals surface area contributed by atoms with Gasteiger partial charge in [-0.05, 0) is 13.0 Å². The van der Waals surface area contributed by atoms with E-state index in [0.717, 1.165) is 5.56 Å². The van der Waals surface area contributed by atoms with Crippen molar-refractivity contribution in [3.8, 4) is 0 Å². The van der Waals surface area contributed by atoms with E-state index < -0.39 is 5.97 Å². The first-order valence-electron chi connectivity index (χ1n) is 3.82. The maximum Gasteiger partial charge on any atom is 0.374 e. The summed E-state index contributed by atoms with van der Waals surface area (Å²) in [6.07, 6.45) is 1.47. The summed E-state index contributed by atoms with van der Waals surface area (Å²) in [5, 5.41) is 0. The normalized spacial score (nSPS) is 9.83. The molecule has 3 N–H and O–H groups in total. The highest BCUT2D eigenvalue weighted by molar-refractivity contribution is 5.87. The van der Waals surface area contributed by atoms with Gasteiger partial charge in [0.25, 0.3) is 0 Å². The molecule has 0 aliphatic heterocycles. The van der Waals surface area contributed by atoms with Crippen molar-refractivity contribution in [1.29, 1.82) is 0 Å². The molecule has 1 aromatic heterocycles. The number of ether oxygens (including phenoxy) is 1. The lowest BCUT2D eigenvalue weighted by molar-refractivity contribution is -0.386. The average molecular weight is 170 g/mol. The molecule has 4 nitrogen and oxygen atoms in total. The van der Waals surface area contributed by atoms with Gasteiger partial charge < -0.3 is 14.9 Å². The van der Waals surface area contributed by atoms with E-state index in [0.29, 0.717) is 13.2 Å². The molecule has 0 fully saturated rings. The van der Waals surface area contributed by atoms with E-state index in [2.05, 4.69) is 5.73 Å². The third kappa shape index (κ3) is 1.65. The van der Waals surface area contributed by atoms with Gasteiger partial charge in [0, 0.05) is 0 Å². The summed E-state index contributed by atoms with van der Waals surface area (Å²) in [5.41, 5.74) is 4.45. The van der Waals surface area contributed by atoms with E-state index in [4.69, 9.17) is 9.15 Å². The fourth-order valence-electron chi connectivity index (χ4n) is 0.908. The molecular formula is C8H12NO3+. The number of quaternary nitrogens is 1. The topological polar surface area (TPSA) is 67.1 Å². The van der Waals surface area contributed by atoms with Crippen molar-refractivity contribution < 1.29 is 19.7 Å². The van der Waals surface area contributed by atoms with Crippen molar-refractivity contribution >= 4 is 5.97 Å².